The molecule has 8 heteroatoms. The van der Waals surface area contributed by atoms with Gasteiger partial charge in [0, 0.05) is 11.6 Å². The lowest BCUT2D eigenvalue weighted by Crippen LogP contribution is -2.14. The summed E-state index contributed by atoms with van der Waals surface area (Å²) in [6.45, 7) is 1.51. The van der Waals surface area contributed by atoms with E-state index in [1.807, 2.05) is 18.2 Å². The molecule has 0 N–H and O–H groups in total. The lowest BCUT2D eigenvalue weighted by Gasteiger charge is -2.13. The summed E-state index contributed by atoms with van der Waals surface area (Å²) >= 11 is 0. The lowest BCUT2D eigenvalue weighted by molar-refractivity contribution is 0.0455. The maximum atomic E-state index is 12.4. The third-order valence-corrected chi connectivity index (χ3v) is 5.56. The normalized spacial score (nSPS) is 11.3. The Bertz CT molecular complexity index is 1220. The van der Waals surface area contributed by atoms with Crippen LogP contribution < -0.4 is 0 Å². The SMILES string of the molecule is COC(=O)c1c(COC(=O)c2cccc(S(C)(=O)=O)c2)nc2ccccc2c1C. The van der Waals surface area contributed by atoms with Gasteiger partial charge in [-0.1, -0.05) is 24.3 Å². The molecule has 0 aliphatic carbocycles. The van der Waals surface area contributed by atoms with E-state index >= 15 is 0 Å². The quantitative estimate of drug-likeness (QED) is 0.593. The molecular weight excluding hydrogens is 394 g/mol. The van der Waals surface area contributed by atoms with Crippen molar-refractivity contribution in [3.8, 4) is 0 Å². The third kappa shape index (κ3) is 4.27. The van der Waals surface area contributed by atoms with Gasteiger partial charge in [-0.2, -0.15) is 0 Å². The molecule has 0 amide bonds. The van der Waals surface area contributed by atoms with Crippen LogP contribution in [0.1, 0.15) is 32.0 Å². The van der Waals surface area contributed by atoms with E-state index in [1.165, 1.54) is 31.4 Å². The molecule has 0 fully saturated rings. The van der Waals surface area contributed by atoms with Crippen LogP contribution in [0.15, 0.2) is 53.4 Å². The van der Waals surface area contributed by atoms with Crippen molar-refractivity contribution in [2.24, 2.45) is 0 Å². The fourth-order valence-corrected chi connectivity index (χ4v) is 3.66. The summed E-state index contributed by atoms with van der Waals surface area (Å²) in [6, 6.07) is 12.9. The van der Waals surface area contributed by atoms with Crippen LogP contribution in [0, 0.1) is 6.92 Å². The first kappa shape index (κ1) is 20.5. The number of para-hydroxylation sites is 1. The van der Waals surface area contributed by atoms with E-state index < -0.39 is 21.8 Å². The molecular formula is C21H19NO6S. The van der Waals surface area contributed by atoms with Gasteiger partial charge in [0.25, 0.3) is 0 Å². The van der Waals surface area contributed by atoms with Crippen molar-refractivity contribution in [3.05, 3.63) is 70.9 Å². The molecule has 0 unspecified atom stereocenters. The fraction of sp³-hybridized carbons (Fsp3) is 0.190. The highest BCUT2D eigenvalue weighted by atomic mass is 32.2. The first-order valence-corrected chi connectivity index (χ1v) is 10.6. The van der Waals surface area contributed by atoms with Crippen LogP contribution in [0.5, 0.6) is 0 Å². The summed E-state index contributed by atoms with van der Waals surface area (Å²) in [5.74, 6) is -1.30. The molecule has 3 rings (SSSR count). The number of fused-ring (bicyclic) bond motifs is 1. The van der Waals surface area contributed by atoms with Crippen LogP contribution in [0.25, 0.3) is 10.9 Å². The van der Waals surface area contributed by atoms with Crippen molar-refractivity contribution in [3.63, 3.8) is 0 Å². The highest BCUT2D eigenvalue weighted by Gasteiger charge is 2.21. The summed E-state index contributed by atoms with van der Waals surface area (Å²) in [5, 5.41) is 0.795. The Kier molecular flexibility index (Phi) is 5.65. The Balaban J connectivity index is 1.94. The van der Waals surface area contributed by atoms with E-state index in [0.29, 0.717) is 11.1 Å². The molecule has 1 aromatic heterocycles. The number of pyridine rings is 1. The van der Waals surface area contributed by atoms with Gasteiger partial charge in [0.1, 0.15) is 6.61 Å². The third-order valence-electron chi connectivity index (χ3n) is 4.45. The second-order valence-corrected chi connectivity index (χ2v) is 8.46. The van der Waals surface area contributed by atoms with E-state index in [1.54, 1.807) is 13.0 Å². The van der Waals surface area contributed by atoms with Crippen LogP contribution in [-0.2, 0) is 25.9 Å². The number of ether oxygens (including phenoxy) is 2. The van der Waals surface area contributed by atoms with Gasteiger partial charge in [0.05, 0.1) is 34.3 Å². The number of aromatic nitrogens is 1. The monoisotopic (exact) mass is 413 g/mol. The zero-order valence-corrected chi connectivity index (χ0v) is 16.9. The zero-order chi connectivity index (χ0) is 21.2. The van der Waals surface area contributed by atoms with Crippen molar-refractivity contribution < 1.29 is 27.5 Å². The summed E-state index contributed by atoms with van der Waals surface area (Å²) in [6.07, 6.45) is 1.06. The molecule has 7 nitrogen and oxygen atoms in total. The molecule has 2 aromatic carbocycles. The van der Waals surface area contributed by atoms with Gasteiger partial charge in [0.2, 0.25) is 0 Å². The fourth-order valence-electron chi connectivity index (χ4n) is 2.99. The molecule has 0 atom stereocenters. The predicted molar refractivity (Wildman–Crippen MR) is 106 cm³/mol. The maximum Gasteiger partial charge on any atom is 0.340 e. The Hall–Kier alpha value is -3.26. The number of benzene rings is 2. The largest absolute Gasteiger partial charge is 0.465 e. The van der Waals surface area contributed by atoms with Crippen molar-refractivity contribution in [1.82, 2.24) is 4.98 Å². The highest BCUT2D eigenvalue weighted by Crippen LogP contribution is 2.24. The van der Waals surface area contributed by atoms with Crippen LogP contribution in [0.3, 0.4) is 0 Å². The average Bonchev–Trinajstić information content (AvgIpc) is 2.71. The first-order valence-electron chi connectivity index (χ1n) is 8.66. The van der Waals surface area contributed by atoms with Crippen molar-refractivity contribution in [2.45, 2.75) is 18.4 Å². The minimum absolute atomic E-state index is 0.0156. The van der Waals surface area contributed by atoms with Gasteiger partial charge in [0.15, 0.2) is 9.84 Å². The Morgan fingerprint density at radius 3 is 2.45 bits per heavy atom. The first-order chi connectivity index (χ1) is 13.7. The number of methoxy groups -OCH3 is 1. The minimum Gasteiger partial charge on any atom is -0.465 e. The number of rotatable bonds is 5. The average molecular weight is 413 g/mol. The summed E-state index contributed by atoms with van der Waals surface area (Å²) in [5.41, 5.74) is 1.92. The molecule has 0 aliphatic heterocycles. The van der Waals surface area contributed by atoms with Crippen molar-refractivity contribution >= 4 is 32.7 Å². The topological polar surface area (TPSA) is 99.6 Å². The van der Waals surface area contributed by atoms with Gasteiger partial charge in [-0.3, -0.25) is 0 Å². The molecule has 0 spiro atoms. The van der Waals surface area contributed by atoms with Gasteiger partial charge in [-0.25, -0.2) is 23.0 Å². The number of sulfone groups is 1. The minimum atomic E-state index is -3.46. The highest BCUT2D eigenvalue weighted by molar-refractivity contribution is 7.90. The Morgan fingerprint density at radius 1 is 1.03 bits per heavy atom. The summed E-state index contributed by atoms with van der Waals surface area (Å²) in [7, 11) is -2.19. The standard InChI is InChI=1S/C21H19NO6S/c1-13-16-9-4-5-10-17(16)22-18(19(13)21(24)27-2)12-28-20(23)14-7-6-8-15(11-14)29(3,25)26/h4-11H,12H2,1-3H3. The number of carbonyl (C=O) groups excluding carboxylic acids is 2. The summed E-state index contributed by atoms with van der Waals surface area (Å²) < 4.78 is 33.6. The molecule has 0 bridgehead atoms. The van der Waals surface area contributed by atoms with E-state index in [-0.39, 0.29) is 28.3 Å². The predicted octanol–water partition coefficient (Wildman–Crippen LogP) is 3.09. The molecule has 0 radical (unpaired) electrons. The second kappa shape index (κ2) is 8.00. The van der Waals surface area contributed by atoms with Gasteiger partial charge < -0.3 is 9.47 Å². The number of carbonyl (C=O) groups is 2. The molecule has 29 heavy (non-hydrogen) atoms. The van der Waals surface area contributed by atoms with Crippen LogP contribution in [-0.4, -0.2) is 38.7 Å². The van der Waals surface area contributed by atoms with Crippen molar-refractivity contribution in [1.29, 1.82) is 0 Å². The summed E-state index contributed by atoms with van der Waals surface area (Å²) in [4.78, 5) is 29.2. The Morgan fingerprint density at radius 2 is 1.76 bits per heavy atom. The smallest absolute Gasteiger partial charge is 0.340 e. The lowest BCUT2D eigenvalue weighted by atomic mass is 10.0. The maximum absolute atomic E-state index is 12.4. The van der Waals surface area contributed by atoms with Crippen LogP contribution in [0.4, 0.5) is 0 Å². The van der Waals surface area contributed by atoms with Crippen LogP contribution >= 0.6 is 0 Å². The number of nitrogens with zero attached hydrogens (tertiary/aromatic N) is 1. The number of aryl methyl sites for hydroxylation is 1. The van der Waals surface area contributed by atoms with Gasteiger partial charge >= 0.3 is 11.9 Å². The number of esters is 2. The molecule has 0 aliphatic rings. The van der Waals surface area contributed by atoms with Crippen molar-refractivity contribution in [2.75, 3.05) is 13.4 Å². The molecule has 0 saturated heterocycles. The van der Waals surface area contributed by atoms with Gasteiger partial charge in [-0.15, -0.1) is 0 Å². The molecule has 1 heterocycles. The zero-order valence-electron chi connectivity index (χ0n) is 16.1. The van der Waals surface area contributed by atoms with E-state index in [0.717, 1.165) is 11.6 Å². The number of hydrogen-bond donors (Lipinski definition) is 0. The Labute approximate surface area is 168 Å². The molecule has 150 valence electrons. The van der Waals surface area contributed by atoms with E-state index in [2.05, 4.69) is 4.98 Å². The van der Waals surface area contributed by atoms with Crippen LogP contribution in [0.2, 0.25) is 0 Å². The second-order valence-electron chi connectivity index (χ2n) is 6.44. The number of hydrogen-bond acceptors (Lipinski definition) is 7. The van der Waals surface area contributed by atoms with Gasteiger partial charge in [-0.05, 0) is 36.8 Å². The van der Waals surface area contributed by atoms with E-state index in [9.17, 15) is 18.0 Å². The van der Waals surface area contributed by atoms with E-state index in [4.69, 9.17) is 9.47 Å². The molecule has 3 aromatic rings. The molecule has 0 saturated carbocycles.